The van der Waals surface area contributed by atoms with Crippen LogP contribution in [0.1, 0.15) is 39.5 Å². The van der Waals surface area contributed by atoms with Gasteiger partial charge >= 0.3 is 0 Å². The molecule has 3 heteroatoms. The number of hydrogen-bond acceptors (Lipinski definition) is 3. The summed E-state index contributed by atoms with van der Waals surface area (Å²) in [5.74, 6) is 0. The summed E-state index contributed by atoms with van der Waals surface area (Å²) in [6.07, 6.45) is 4.36. The lowest BCUT2D eigenvalue weighted by molar-refractivity contribution is -0.0366. The SMILES string of the molecule is CCC(CC)N(C)CC1(CO)CCOCC1. The van der Waals surface area contributed by atoms with E-state index in [0.29, 0.717) is 12.6 Å². The molecule has 0 atom stereocenters. The Balaban J connectivity index is 2.54. The maximum absolute atomic E-state index is 9.64. The lowest BCUT2D eigenvalue weighted by Crippen LogP contribution is -2.45. The zero-order chi connectivity index (χ0) is 12.0. The Labute approximate surface area is 99.8 Å². The van der Waals surface area contributed by atoms with E-state index >= 15 is 0 Å². The van der Waals surface area contributed by atoms with E-state index in [1.165, 1.54) is 12.8 Å². The molecule has 1 fully saturated rings. The number of rotatable bonds is 6. The van der Waals surface area contributed by atoms with Crippen LogP contribution in [0.5, 0.6) is 0 Å². The van der Waals surface area contributed by atoms with Crippen LogP contribution in [-0.4, -0.2) is 49.5 Å². The van der Waals surface area contributed by atoms with Crippen LogP contribution < -0.4 is 0 Å². The number of aliphatic hydroxyl groups is 1. The predicted molar refractivity (Wildman–Crippen MR) is 66.6 cm³/mol. The molecule has 0 aromatic rings. The van der Waals surface area contributed by atoms with E-state index in [1.54, 1.807) is 0 Å². The first-order valence-corrected chi connectivity index (χ1v) is 6.56. The fourth-order valence-corrected chi connectivity index (χ4v) is 2.74. The second-order valence-corrected chi connectivity index (χ2v) is 5.16. The first kappa shape index (κ1) is 13.9. The predicted octanol–water partition coefficient (Wildman–Crippen LogP) is 1.90. The van der Waals surface area contributed by atoms with Crippen LogP contribution in [0.2, 0.25) is 0 Å². The Kier molecular flexibility index (Phi) is 5.73. The second-order valence-electron chi connectivity index (χ2n) is 5.16. The number of ether oxygens (including phenoxy) is 1. The number of nitrogens with zero attached hydrogens (tertiary/aromatic N) is 1. The van der Waals surface area contributed by atoms with Gasteiger partial charge in [0.15, 0.2) is 0 Å². The monoisotopic (exact) mass is 229 g/mol. The molecule has 0 unspecified atom stereocenters. The summed E-state index contributed by atoms with van der Waals surface area (Å²) in [6, 6.07) is 0.645. The van der Waals surface area contributed by atoms with Crippen molar-refractivity contribution in [3.8, 4) is 0 Å². The van der Waals surface area contributed by atoms with E-state index in [2.05, 4.69) is 25.8 Å². The molecule has 1 rings (SSSR count). The molecule has 1 aliphatic rings. The summed E-state index contributed by atoms with van der Waals surface area (Å²) in [7, 11) is 2.19. The van der Waals surface area contributed by atoms with Gasteiger partial charge in [0.25, 0.3) is 0 Å². The Morgan fingerprint density at radius 3 is 2.25 bits per heavy atom. The van der Waals surface area contributed by atoms with Gasteiger partial charge in [-0.15, -0.1) is 0 Å². The van der Waals surface area contributed by atoms with Crippen molar-refractivity contribution in [2.75, 3.05) is 33.4 Å². The van der Waals surface area contributed by atoms with Gasteiger partial charge in [-0.1, -0.05) is 13.8 Å². The molecule has 0 saturated carbocycles. The van der Waals surface area contributed by atoms with Crippen LogP contribution in [0.15, 0.2) is 0 Å². The number of hydrogen-bond donors (Lipinski definition) is 1. The Morgan fingerprint density at radius 2 is 1.81 bits per heavy atom. The van der Waals surface area contributed by atoms with Gasteiger partial charge in [-0.05, 0) is 32.7 Å². The highest BCUT2D eigenvalue weighted by molar-refractivity contribution is 4.85. The molecule has 16 heavy (non-hydrogen) atoms. The Hall–Kier alpha value is -0.120. The third kappa shape index (κ3) is 3.44. The van der Waals surface area contributed by atoms with Crippen LogP contribution in [0, 0.1) is 5.41 Å². The van der Waals surface area contributed by atoms with Gasteiger partial charge in [0, 0.05) is 31.2 Å². The van der Waals surface area contributed by atoms with E-state index < -0.39 is 0 Å². The average Bonchev–Trinajstić information content (AvgIpc) is 2.32. The van der Waals surface area contributed by atoms with Crippen LogP contribution in [0.3, 0.4) is 0 Å². The van der Waals surface area contributed by atoms with E-state index in [0.717, 1.165) is 32.6 Å². The summed E-state index contributed by atoms with van der Waals surface area (Å²) < 4.78 is 5.39. The van der Waals surface area contributed by atoms with Crippen molar-refractivity contribution in [3.05, 3.63) is 0 Å². The molecule has 1 N–H and O–H groups in total. The largest absolute Gasteiger partial charge is 0.396 e. The molecule has 3 nitrogen and oxygen atoms in total. The summed E-state index contributed by atoms with van der Waals surface area (Å²) in [4.78, 5) is 2.42. The van der Waals surface area contributed by atoms with E-state index in [4.69, 9.17) is 4.74 Å². The van der Waals surface area contributed by atoms with E-state index in [1.807, 2.05) is 0 Å². The molecule has 0 amide bonds. The summed E-state index contributed by atoms with van der Waals surface area (Å²) in [5.41, 5.74) is 0.0790. The normalized spacial score (nSPS) is 20.6. The highest BCUT2D eigenvalue weighted by Crippen LogP contribution is 2.31. The topological polar surface area (TPSA) is 32.7 Å². The van der Waals surface area contributed by atoms with Crippen molar-refractivity contribution < 1.29 is 9.84 Å². The quantitative estimate of drug-likeness (QED) is 0.755. The van der Waals surface area contributed by atoms with Gasteiger partial charge in [-0.3, -0.25) is 0 Å². The van der Waals surface area contributed by atoms with Crippen LogP contribution in [0.4, 0.5) is 0 Å². The fraction of sp³-hybridized carbons (Fsp3) is 1.00. The van der Waals surface area contributed by atoms with Crippen molar-refractivity contribution >= 4 is 0 Å². The van der Waals surface area contributed by atoms with Crippen LogP contribution in [0.25, 0.3) is 0 Å². The average molecular weight is 229 g/mol. The van der Waals surface area contributed by atoms with E-state index in [-0.39, 0.29) is 5.41 Å². The second kappa shape index (κ2) is 6.58. The van der Waals surface area contributed by atoms with Crippen molar-refractivity contribution in [2.45, 2.75) is 45.6 Å². The molecule has 0 bridgehead atoms. The lowest BCUT2D eigenvalue weighted by atomic mass is 9.80. The molecule has 1 aliphatic heterocycles. The molecular formula is C13H27NO2. The van der Waals surface area contributed by atoms with E-state index in [9.17, 15) is 5.11 Å². The first-order valence-electron chi connectivity index (χ1n) is 6.56. The standard InChI is InChI=1S/C13H27NO2/c1-4-12(5-2)14(3)10-13(11-15)6-8-16-9-7-13/h12,15H,4-11H2,1-3H3. The maximum Gasteiger partial charge on any atom is 0.0501 e. The zero-order valence-corrected chi connectivity index (χ0v) is 11.0. The third-order valence-electron chi connectivity index (χ3n) is 4.04. The van der Waals surface area contributed by atoms with Crippen molar-refractivity contribution in [2.24, 2.45) is 5.41 Å². The number of aliphatic hydroxyl groups excluding tert-OH is 1. The maximum atomic E-state index is 9.64. The molecule has 0 radical (unpaired) electrons. The smallest absolute Gasteiger partial charge is 0.0501 e. The molecule has 1 saturated heterocycles. The van der Waals surface area contributed by atoms with Crippen molar-refractivity contribution in [3.63, 3.8) is 0 Å². The molecule has 0 aromatic heterocycles. The van der Waals surface area contributed by atoms with Gasteiger partial charge in [0.2, 0.25) is 0 Å². The Morgan fingerprint density at radius 1 is 1.25 bits per heavy atom. The fourth-order valence-electron chi connectivity index (χ4n) is 2.74. The molecule has 0 aromatic carbocycles. The van der Waals surface area contributed by atoms with Gasteiger partial charge in [0.1, 0.15) is 0 Å². The summed E-state index contributed by atoms with van der Waals surface area (Å²) >= 11 is 0. The van der Waals surface area contributed by atoms with Crippen molar-refractivity contribution in [1.29, 1.82) is 0 Å². The molecule has 1 heterocycles. The minimum absolute atomic E-state index is 0.0790. The third-order valence-corrected chi connectivity index (χ3v) is 4.04. The highest BCUT2D eigenvalue weighted by atomic mass is 16.5. The van der Waals surface area contributed by atoms with Crippen LogP contribution in [-0.2, 0) is 4.74 Å². The molecular weight excluding hydrogens is 202 g/mol. The van der Waals surface area contributed by atoms with Crippen LogP contribution >= 0.6 is 0 Å². The Bertz CT molecular complexity index is 186. The zero-order valence-electron chi connectivity index (χ0n) is 11.0. The summed E-state index contributed by atoms with van der Waals surface area (Å²) in [6.45, 7) is 7.37. The lowest BCUT2D eigenvalue weighted by Gasteiger charge is -2.40. The molecule has 0 spiro atoms. The molecule has 96 valence electrons. The van der Waals surface area contributed by atoms with Gasteiger partial charge < -0.3 is 14.7 Å². The van der Waals surface area contributed by atoms with Gasteiger partial charge in [-0.25, -0.2) is 0 Å². The van der Waals surface area contributed by atoms with Crippen molar-refractivity contribution in [1.82, 2.24) is 4.90 Å². The summed E-state index contributed by atoms with van der Waals surface area (Å²) in [5, 5.41) is 9.64. The van der Waals surface area contributed by atoms with Gasteiger partial charge in [0.05, 0.1) is 6.61 Å². The van der Waals surface area contributed by atoms with Gasteiger partial charge in [-0.2, -0.15) is 0 Å². The minimum Gasteiger partial charge on any atom is -0.396 e. The highest BCUT2D eigenvalue weighted by Gasteiger charge is 2.34. The molecule has 0 aliphatic carbocycles. The first-order chi connectivity index (χ1) is 7.67. The minimum atomic E-state index is 0.0790.